The lowest BCUT2D eigenvalue weighted by Crippen LogP contribution is -2.17. The molecule has 21 heavy (non-hydrogen) atoms. The van der Waals surface area contributed by atoms with E-state index in [4.69, 9.17) is 0 Å². The molecule has 0 aliphatic heterocycles. The molecular weight excluding hydrogens is 278 g/mol. The highest BCUT2D eigenvalue weighted by Gasteiger charge is 2.66. The van der Waals surface area contributed by atoms with Crippen LogP contribution in [-0.2, 0) is 0 Å². The minimum absolute atomic E-state index is 0.127. The molecular formula is C17H23N3S. The van der Waals surface area contributed by atoms with Gasteiger partial charge in [-0.1, -0.05) is 69.4 Å². The summed E-state index contributed by atoms with van der Waals surface area (Å²) in [6, 6.07) is 10.6. The maximum atomic E-state index is 4.49. The van der Waals surface area contributed by atoms with Crippen molar-refractivity contribution in [1.82, 2.24) is 15.5 Å². The van der Waals surface area contributed by atoms with E-state index in [9.17, 15) is 0 Å². The van der Waals surface area contributed by atoms with Crippen LogP contribution in [0.1, 0.15) is 55.2 Å². The Hall–Kier alpha value is -1.26. The Bertz CT molecular complexity index is 616. The van der Waals surface area contributed by atoms with E-state index in [2.05, 4.69) is 67.5 Å². The van der Waals surface area contributed by atoms with Crippen LogP contribution in [-0.4, -0.2) is 17.2 Å². The van der Waals surface area contributed by atoms with Crippen molar-refractivity contribution in [2.75, 3.05) is 7.05 Å². The summed E-state index contributed by atoms with van der Waals surface area (Å²) in [7, 11) is 1.98. The van der Waals surface area contributed by atoms with Crippen LogP contribution in [0.3, 0.4) is 0 Å². The number of rotatable bonds is 4. The highest BCUT2D eigenvalue weighted by molar-refractivity contribution is 7.11. The lowest BCUT2D eigenvalue weighted by Gasteiger charge is -2.12. The summed E-state index contributed by atoms with van der Waals surface area (Å²) < 4.78 is 0. The van der Waals surface area contributed by atoms with Crippen molar-refractivity contribution >= 4 is 11.3 Å². The van der Waals surface area contributed by atoms with Crippen LogP contribution in [0.25, 0.3) is 0 Å². The van der Waals surface area contributed by atoms with Gasteiger partial charge in [0.1, 0.15) is 10.0 Å². The van der Waals surface area contributed by atoms with Gasteiger partial charge in [0.05, 0.1) is 6.04 Å². The van der Waals surface area contributed by atoms with Crippen LogP contribution in [0.15, 0.2) is 30.3 Å². The van der Waals surface area contributed by atoms with Gasteiger partial charge < -0.3 is 5.32 Å². The lowest BCUT2D eigenvalue weighted by molar-refractivity contribution is 0.457. The Labute approximate surface area is 130 Å². The molecule has 3 nitrogen and oxygen atoms in total. The standard InChI is InChI=1S/C17H23N3S/c1-16(2)13(17(16,3)4)15-20-19-14(21-15)12(18-5)11-9-7-6-8-10-11/h6-10,12-13,18H,1-5H3. The molecule has 1 aromatic carbocycles. The average molecular weight is 301 g/mol. The first kappa shape index (κ1) is 14.7. The molecule has 1 fully saturated rings. The summed E-state index contributed by atoms with van der Waals surface area (Å²) in [5, 5.41) is 14.5. The number of nitrogens with zero attached hydrogens (tertiary/aromatic N) is 2. The molecule has 4 heteroatoms. The van der Waals surface area contributed by atoms with Crippen LogP contribution < -0.4 is 5.32 Å². The van der Waals surface area contributed by atoms with Gasteiger partial charge in [0, 0.05) is 5.92 Å². The maximum Gasteiger partial charge on any atom is 0.139 e. The molecule has 0 radical (unpaired) electrons. The summed E-state index contributed by atoms with van der Waals surface area (Å²) in [6.45, 7) is 9.30. The molecule has 3 rings (SSSR count). The van der Waals surface area contributed by atoms with Crippen molar-refractivity contribution in [1.29, 1.82) is 0 Å². The van der Waals surface area contributed by atoms with E-state index in [1.54, 1.807) is 11.3 Å². The van der Waals surface area contributed by atoms with Gasteiger partial charge in [0.25, 0.3) is 0 Å². The Morgan fingerprint density at radius 1 is 1.05 bits per heavy atom. The van der Waals surface area contributed by atoms with Crippen LogP contribution in [0.5, 0.6) is 0 Å². The summed E-state index contributed by atoms with van der Waals surface area (Å²) in [5.74, 6) is 0.518. The fourth-order valence-electron chi connectivity index (χ4n) is 3.37. The van der Waals surface area contributed by atoms with Crippen LogP contribution >= 0.6 is 11.3 Å². The van der Waals surface area contributed by atoms with Gasteiger partial charge in [-0.25, -0.2) is 0 Å². The lowest BCUT2D eigenvalue weighted by atomic mass is 10.0. The first-order valence-corrected chi connectivity index (χ1v) is 8.26. The van der Waals surface area contributed by atoms with Gasteiger partial charge >= 0.3 is 0 Å². The molecule has 1 aliphatic rings. The van der Waals surface area contributed by atoms with Gasteiger partial charge in [0.2, 0.25) is 0 Å². The number of nitrogens with one attached hydrogen (secondary N) is 1. The third kappa shape index (κ3) is 2.21. The zero-order valence-corrected chi connectivity index (χ0v) is 14.2. The summed E-state index contributed by atoms with van der Waals surface area (Å²) in [4.78, 5) is 0. The fraction of sp³-hybridized carbons (Fsp3) is 0.529. The maximum absolute atomic E-state index is 4.49. The molecule has 0 saturated heterocycles. The first-order valence-electron chi connectivity index (χ1n) is 7.45. The molecule has 1 aliphatic carbocycles. The largest absolute Gasteiger partial charge is 0.307 e. The van der Waals surface area contributed by atoms with Gasteiger partial charge in [-0.15, -0.1) is 10.2 Å². The van der Waals surface area contributed by atoms with Gasteiger partial charge in [-0.3, -0.25) is 0 Å². The zero-order chi connectivity index (χ0) is 15.3. The number of aromatic nitrogens is 2. The molecule has 1 aromatic heterocycles. The highest BCUT2D eigenvalue weighted by Crippen LogP contribution is 2.73. The van der Waals surface area contributed by atoms with E-state index >= 15 is 0 Å². The number of hydrogen-bond acceptors (Lipinski definition) is 4. The summed E-state index contributed by atoms with van der Waals surface area (Å²) in [5.41, 5.74) is 1.86. The smallest absolute Gasteiger partial charge is 0.139 e. The SMILES string of the molecule is CNC(c1ccccc1)c1nnc(C2C(C)(C)C2(C)C)s1. The third-order valence-electron chi connectivity index (χ3n) is 5.39. The predicted molar refractivity (Wildman–Crippen MR) is 87.6 cm³/mol. The minimum atomic E-state index is 0.127. The van der Waals surface area contributed by atoms with Crippen LogP contribution in [0.2, 0.25) is 0 Å². The van der Waals surface area contributed by atoms with E-state index in [1.807, 2.05) is 13.1 Å². The molecule has 0 spiro atoms. The molecule has 1 saturated carbocycles. The zero-order valence-electron chi connectivity index (χ0n) is 13.3. The molecule has 1 unspecified atom stereocenters. The molecule has 2 aromatic rings. The first-order chi connectivity index (χ1) is 9.89. The van der Waals surface area contributed by atoms with Crippen LogP contribution in [0, 0.1) is 10.8 Å². The Balaban J connectivity index is 1.89. The van der Waals surface area contributed by atoms with Crippen molar-refractivity contribution in [2.24, 2.45) is 10.8 Å². The van der Waals surface area contributed by atoms with E-state index in [0.717, 1.165) is 5.01 Å². The van der Waals surface area contributed by atoms with Crippen molar-refractivity contribution in [3.8, 4) is 0 Å². The number of hydrogen-bond donors (Lipinski definition) is 1. The second-order valence-corrected chi connectivity index (χ2v) is 8.03. The fourth-order valence-corrected chi connectivity index (χ4v) is 4.83. The average Bonchev–Trinajstić information content (AvgIpc) is 2.79. The normalized spacial score (nSPS) is 21.2. The second-order valence-electron chi connectivity index (χ2n) is 6.99. The summed E-state index contributed by atoms with van der Waals surface area (Å²) in [6.07, 6.45) is 0. The Kier molecular flexibility index (Phi) is 3.41. The molecule has 1 N–H and O–H groups in total. The van der Waals surface area contributed by atoms with Crippen molar-refractivity contribution in [3.63, 3.8) is 0 Å². The van der Waals surface area contributed by atoms with Crippen molar-refractivity contribution in [3.05, 3.63) is 45.9 Å². The molecule has 0 amide bonds. The Morgan fingerprint density at radius 3 is 2.19 bits per heavy atom. The summed E-state index contributed by atoms with van der Waals surface area (Å²) >= 11 is 1.75. The van der Waals surface area contributed by atoms with Gasteiger partial charge in [-0.2, -0.15) is 0 Å². The van der Waals surface area contributed by atoms with Gasteiger partial charge in [-0.05, 0) is 23.4 Å². The quantitative estimate of drug-likeness (QED) is 0.927. The van der Waals surface area contributed by atoms with Crippen LogP contribution in [0.4, 0.5) is 0 Å². The van der Waals surface area contributed by atoms with E-state index in [0.29, 0.717) is 16.7 Å². The van der Waals surface area contributed by atoms with Crippen molar-refractivity contribution < 1.29 is 0 Å². The predicted octanol–water partition coefficient (Wildman–Crippen LogP) is 4.00. The minimum Gasteiger partial charge on any atom is -0.307 e. The third-order valence-corrected chi connectivity index (χ3v) is 6.45. The van der Waals surface area contributed by atoms with E-state index in [-0.39, 0.29) is 6.04 Å². The molecule has 1 atom stereocenters. The molecule has 112 valence electrons. The number of benzene rings is 1. The highest BCUT2D eigenvalue weighted by atomic mass is 32.1. The monoisotopic (exact) mass is 301 g/mol. The Morgan fingerprint density at radius 2 is 1.67 bits per heavy atom. The van der Waals surface area contributed by atoms with Crippen molar-refractivity contribution in [2.45, 2.75) is 39.7 Å². The topological polar surface area (TPSA) is 37.8 Å². The molecule has 1 heterocycles. The molecule has 0 bridgehead atoms. The van der Waals surface area contributed by atoms with E-state index in [1.165, 1.54) is 10.6 Å². The van der Waals surface area contributed by atoms with E-state index < -0.39 is 0 Å². The second kappa shape index (κ2) is 4.89. The van der Waals surface area contributed by atoms with Gasteiger partial charge in [0.15, 0.2) is 0 Å².